The maximum absolute atomic E-state index is 2.35. The molecule has 0 saturated carbocycles. The van der Waals surface area contributed by atoms with Crippen molar-refractivity contribution in [3.63, 3.8) is 0 Å². The highest BCUT2D eigenvalue weighted by Gasteiger charge is 2.02. The Balaban J connectivity index is 2.31. The first-order chi connectivity index (χ1) is 8.36. The Hall–Kier alpha value is -0.850. The first kappa shape index (κ1) is 14.2. The van der Waals surface area contributed by atoms with Crippen molar-refractivity contribution in [2.45, 2.75) is 71.8 Å². The van der Waals surface area contributed by atoms with Crippen LogP contribution in [-0.4, -0.2) is 0 Å². The zero-order chi connectivity index (χ0) is 12.3. The second kappa shape index (κ2) is 9.21. The third kappa shape index (κ3) is 6.45. The molecule has 1 aromatic heterocycles. The summed E-state index contributed by atoms with van der Waals surface area (Å²) < 4.78 is 2.35. The minimum atomic E-state index is 1.18. The molecule has 0 N–H and O–H groups in total. The minimum absolute atomic E-state index is 1.18. The smallest absolute Gasteiger partial charge is 0.171 e. The van der Waals surface area contributed by atoms with E-state index in [1.807, 2.05) is 0 Å². The number of aromatic nitrogens is 1. The van der Waals surface area contributed by atoms with Crippen LogP contribution in [0.3, 0.4) is 0 Å². The van der Waals surface area contributed by atoms with Gasteiger partial charge in [-0.3, -0.25) is 0 Å². The van der Waals surface area contributed by atoms with E-state index in [1.165, 1.54) is 63.5 Å². The van der Waals surface area contributed by atoms with E-state index < -0.39 is 0 Å². The lowest BCUT2D eigenvalue weighted by atomic mass is 10.1. The Kier molecular flexibility index (Phi) is 7.70. The van der Waals surface area contributed by atoms with Crippen molar-refractivity contribution in [2.75, 3.05) is 0 Å². The van der Waals surface area contributed by atoms with Crippen molar-refractivity contribution in [1.29, 1.82) is 0 Å². The van der Waals surface area contributed by atoms with Crippen LogP contribution in [-0.2, 0) is 13.0 Å². The Morgan fingerprint density at radius 3 is 2.47 bits per heavy atom. The number of nitrogens with zero attached hydrogens (tertiary/aromatic N) is 1. The SMILES string of the molecule is CCCCCCc1ccc[n+](CCCCC)c1. The lowest BCUT2D eigenvalue weighted by Crippen LogP contribution is -2.33. The molecule has 0 aliphatic rings. The lowest BCUT2D eigenvalue weighted by molar-refractivity contribution is -0.697. The summed E-state index contributed by atoms with van der Waals surface area (Å²) in [7, 11) is 0. The van der Waals surface area contributed by atoms with Crippen molar-refractivity contribution in [2.24, 2.45) is 0 Å². The van der Waals surface area contributed by atoms with Gasteiger partial charge >= 0.3 is 0 Å². The summed E-state index contributed by atoms with van der Waals surface area (Å²) in [6, 6.07) is 4.46. The Bertz CT molecular complexity index is 293. The normalized spacial score (nSPS) is 10.7. The van der Waals surface area contributed by atoms with Gasteiger partial charge in [0.2, 0.25) is 0 Å². The predicted molar refractivity (Wildman–Crippen MR) is 74.0 cm³/mol. The molecule has 0 saturated heterocycles. The molecule has 0 aromatic carbocycles. The van der Waals surface area contributed by atoms with Crippen LogP contribution in [0.4, 0.5) is 0 Å². The van der Waals surface area contributed by atoms with Gasteiger partial charge in [-0.05, 0) is 25.3 Å². The molecule has 0 aliphatic heterocycles. The molecule has 96 valence electrons. The first-order valence-electron chi connectivity index (χ1n) is 7.34. The number of hydrogen-bond acceptors (Lipinski definition) is 0. The average molecular weight is 234 g/mol. The maximum Gasteiger partial charge on any atom is 0.171 e. The van der Waals surface area contributed by atoms with E-state index in [-0.39, 0.29) is 0 Å². The fourth-order valence-corrected chi connectivity index (χ4v) is 2.16. The summed E-state index contributed by atoms with van der Waals surface area (Å²) >= 11 is 0. The van der Waals surface area contributed by atoms with Crippen molar-refractivity contribution in [3.8, 4) is 0 Å². The predicted octanol–water partition coefficient (Wildman–Crippen LogP) is 4.29. The highest BCUT2D eigenvalue weighted by molar-refractivity contribution is 5.05. The van der Waals surface area contributed by atoms with Gasteiger partial charge in [-0.25, -0.2) is 4.57 Å². The third-order valence-electron chi connectivity index (χ3n) is 3.26. The summed E-state index contributed by atoms with van der Waals surface area (Å²) in [6.45, 7) is 5.70. The second-order valence-corrected chi connectivity index (χ2v) is 4.97. The maximum atomic E-state index is 2.35. The topological polar surface area (TPSA) is 3.88 Å². The van der Waals surface area contributed by atoms with Gasteiger partial charge in [-0.15, -0.1) is 0 Å². The molecule has 0 fully saturated rings. The third-order valence-corrected chi connectivity index (χ3v) is 3.26. The summed E-state index contributed by atoms with van der Waals surface area (Å²) in [6.07, 6.45) is 15.1. The molecule has 1 heteroatoms. The molecule has 0 amide bonds. The van der Waals surface area contributed by atoms with E-state index in [1.54, 1.807) is 0 Å². The van der Waals surface area contributed by atoms with Gasteiger partial charge in [0.1, 0.15) is 6.54 Å². The van der Waals surface area contributed by atoms with Crippen molar-refractivity contribution in [3.05, 3.63) is 30.1 Å². The molecule has 1 nitrogen and oxygen atoms in total. The van der Waals surface area contributed by atoms with E-state index in [4.69, 9.17) is 0 Å². The van der Waals surface area contributed by atoms with E-state index >= 15 is 0 Å². The Labute approximate surface area is 107 Å². The van der Waals surface area contributed by atoms with Crippen molar-refractivity contribution >= 4 is 0 Å². The fraction of sp³-hybridized carbons (Fsp3) is 0.688. The standard InChI is InChI=1S/C16H28N/c1-3-5-7-8-11-16-12-10-14-17(15-16)13-9-6-4-2/h10,12,14-15H,3-9,11,13H2,1-2H3/q+1. The molecule has 17 heavy (non-hydrogen) atoms. The molecule has 1 rings (SSSR count). The number of pyridine rings is 1. The summed E-state index contributed by atoms with van der Waals surface area (Å²) in [4.78, 5) is 0. The monoisotopic (exact) mass is 234 g/mol. The zero-order valence-corrected chi connectivity index (χ0v) is 11.6. The average Bonchev–Trinajstić information content (AvgIpc) is 2.36. The second-order valence-electron chi connectivity index (χ2n) is 4.97. The van der Waals surface area contributed by atoms with E-state index in [2.05, 4.69) is 42.9 Å². The van der Waals surface area contributed by atoms with Crippen LogP contribution in [0.5, 0.6) is 0 Å². The van der Waals surface area contributed by atoms with Crippen LogP contribution in [0, 0.1) is 0 Å². The lowest BCUT2D eigenvalue weighted by Gasteiger charge is -2.01. The van der Waals surface area contributed by atoms with Crippen LogP contribution in [0.15, 0.2) is 24.5 Å². The number of aryl methyl sites for hydroxylation is 2. The molecule has 0 atom stereocenters. The minimum Gasteiger partial charge on any atom is -0.205 e. The number of unbranched alkanes of at least 4 members (excludes halogenated alkanes) is 5. The molecule has 0 radical (unpaired) electrons. The van der Waals surface area contributed by atoms with Gasteiger partial charge in [0, 0.05) is 18.1 Å². The molecule has 1 aromatic rings. The van der Waals surface area contributed by atoms with Crippen LogP contribution < -0.4 is 4.57 Å². The van der Waals surface area contributed by atoms with Gasteiger partial charge in [0.05, 0.1) is 0 Å². The van der Waals surface area contributed by atoms with Crippen molar-refractivity contribution < 1.29 is 4.57 Å². The van der Waals surface area contributed by atoms with E-state index in [0.717, 1.165) is 0 Å². The molecule has 0 unspecified atom stereocenters. The van der Waals surface area contributed by atoms with Crippen LogP contribution in [0.25, 0.3) is 0 Å². The molecule has 0 spiro atoms. The summed E-state index contributed by atoms with van der Waals surface area (Å²) in [5.41, 5.74) is 1.50. The van der Waals surface area contributed by atoms with Gasteiger partial charge < -0.3 is 0 Å². The number of rotatable bonds is 9. The summed E-state index contributed by atoms with van der Waals surface area (Å²) in [5.74, 6) is 0. The molecular formula is C16H28N+. The zero-order valence-electron chi connectivity index (χ0n) is 11.6. The first-order valence-corrected chi connectivity index (χ1v) is 7.34. The largest absolute Gasteiger partial charge is 0.205 e. The van der Waals surface area contributed by atoms with Gasteiger partial charge in [-0.1, -0.05) is 39.5 Å². The highest BCUT2D eigenvalue weighted by atomic mass is 14.9. The quantitative estimate of drug-likeness (QED) is 0.443. The van der Waals surface area contributed by atoms with E-state index in [0.29, 0.717) is 0 Å². The highest BCUT2D eigenvalue weighted by Crippen LogP contribution is 2.06. The van der Waals surface area contributed by atoms with Crippen LogP contribution in [0.2, 0.25) is 0 Å². The Morgan fingerprint density at radius 2 is 1.71 bits per heavy atom. The fourth-order valence-electron chi connectivity index (χ4n) is 2.16. The molecular weight excluding hydrogens is 206 g/mol. The summed E-state index contributed by atoms with van der Waals surface area (Å²) in [5, 5.41) is 0. The van der Waals surface area contributed by atoms with Gasteiger partial charge in [0.15, 0.2) is 12.4 Å². The molecule has 0 aliphatic carbocycles. The Morgan fingerprint density at radius 1 is 0.941 bits per heavy atom. The molecule has 0 bridgehead atoms. The van der Waals surface area contributed by atoms with E-state index in [9.17, 15) is 0 Å². The van der Waals surface area contributed by atoms with Crippen LogP contribution >= 0.6 is 0 Å². The number of hydrogen-bond donors (Lipinski definition) is 0. The van der Waals surface area contributed by atoms with Gasteiger partial charge in [-0.2, -0.15) is 0 Å². The van der Waals surface area contributed by atoms with Crippen molar-refractivity contribution in [1.82, 2.24) is 0 Å². The van der Waals surface area contributed by atoms with Crippen LogP contribution in [0.1, 0.15) is 64.4 Å². The molecule has 1 heterocycles. The van der Waals surface area contributed by atoms with Gasteiger partial charge in [0.25, 0.3) is 0 Å².